The van der Waals surface area contributed by atoms with Crippen molar-refractivity contribution < 1.29 is 28.8 Å². The maximum Gasteiger partial charge on any atom is 0.289 e. The first kappa shape index (κ1) is 35.3. The molecule has 254 valence electrons. The molecule has 13 nitrogen and oxygen atoms in total. The third-order valence-corrected chi connectivity index (χ3v) is 9.69. The lowest BCUT2D eigenvalue weighted by Gasteiger charge is -2.37. The standard InChI is InChI=1S/C33H51N7O6/c1-7-9-23(29(43)31(45)36-20-12-13-20)37-30(44)28-21-11-8-10-19(21)16-40(28)32(46)22(33(4,5)6)14-24(41)27(18(2)3)38-26(42)15-25-34-17-35-39-25/h18-23,27-28H,7-17H2,1-6H3,(H,36,45)(H,37,44)(H,38,42)/t19-,21-,22-,23?,27-,28-/m0/s1. The second-order valence-electron chi connectivity index (χ2n) is 14.8. The van der Waals surface area contributed by atoms with Crippen molar-refractivity contribution in [3.63, 3.8) is 0 Å². The van der Waals surface area contributed by atoms with Gasteiger partial charge in [-0.1, -0.05) is 54.4 Å². The summed E-state index contributed by atoms with van der Waals surface area (Å²) in [6.45, 7) is 11.8. The molecule has 0 aromatic carbocycles. The van der Waals surface area contributed by atoms with Gasteiger partial charge < -0.3 is 20.9 Å². The molecule has 0 spiro atoms. The minimum Gasteiger partial charge on any atom is -0.347 e. The normalized spacial score (nSPS) is 24.2. The molecule has 0 radical (unpaired) electrons. The Kier molecular flexibility index (Phi) is 11.5. The van der Waals surface area contributed by atoms with Gasteiger partial charge in [-0.3, -0.25) is 28.8 Å². The highest BCUT2D eigenvalue weighted by molar-refractivity contribution is 6.38. The number of nitrogens with zero attached hydrogens (tertiary/aromatic N) is 4. The van der Waals surface area contributed by atoms with E-state index in [1.54, 1.807) is 4.90 Å². The van der Waals surface area contributed by atoms with Crippen LogP contribution in [0.5, 0.6) is 0 Å². The van der Waals surface area contributed by atoms with E-state index in [2.05, 4.69) is 31.2 Å². The summed E-state index contributed by atoms with van der Waals surface area (Å²) in [6, 6.07) is -2.56. The van der Waals surface area contributed by atoms with E-state index in [-0.39, 0.29) is 55.0 Å². The lowest BCUT2D eigenvalue weighted by Crippen LogP contribution is -2.56. The van der Waals surface area contributed by atoms with Crippen LogP contribution < -0.4 is 16.0 Å². The molecule has 2 heterocycles. The highest BCUT2D eigenvalue weighted by Crippen LogP contribution is 2.44. The van der Waals surface area contributed by atoms with Gasteiger partial charge in [0.05, 0.1) is 18.5 Å². The Morgan fingerprint density at radius 2 is 1.72 bits per heavy atom. The minimum atomic E-state index is -0.972. The van der Waals surface area contributed by atoms with Crippen LogP contribution in [-0.4, -0.2) is 83.3 Å². The van der Waals surface area contributed by atoms with Crippen LogP contribution in [0.1, 0.15) is 99.3 Å². The van der Waals surface area contributed by atoms with E-state index in [1.165, 1.54) is 0 Å². The molecule has 3 N–H and O–H groups in total. The van der Waals surface area contributed by atoms with Crippen molar-refractivity contribution >= 4 is 41.0 Å². The molecule has 4 amide bonds. The summed E-state index contributed by atoms with van der Waals surface area (Å²) in [4.78, 5) is 86.2. The van der Waals surface area contributed by atoms with Crippen LogP contribution in [0.4, 0.5) is 0 Å². The van der Waals surface area contributed by atoms with Crippen molar-refractivity contribution in [3.05, 3.63) is 0 Å². The molecule has 1 saturated heterocycles. The zero-order chi connectivity index (χ0) is 33.8. The van der Waals surface area contributed by atoms with E-state index >= 15 is 0 Å². The Hall–Kier alpha value is -3.51. The van der Waals surface area contributed by atoms with E-state index in [9.17, 15) is 28.8 Å². The molecule has 0 bridgehead atoms. The number of fused-ring (bicyclic) bond motifs is 1. The van der Waals surface area contributed by atoms with Crippen LogP contribution >= 0.6 is 0 Å². The number of carbonyl (C=O) groups excluding carboxylic acids is 6. The second kappa shape index (κ2) is 14.9. The smallest absolute Gasteiger partial charge is 0.289 e. The Bertz CT molecular complexity index is 1270. The molecule has 6 atom stereocenters. The topological polar surface area (TPSA) is 179 Å². The molecule has 2 aliphatic carbocycles. The molecular formula is C33H51N7O6. The summed E-state index contributed by atoms with van der Waals surface area (Å²) in [5.41, 5.74) is -0.627. The van der Waals surface area contributed by atoms with Crippen molar-refractivity contribution in [2.75, 3.05) is 13.2 Å². The highest BCUT2D eigenvalue weighted by Gasteiger charge is 2.52. The molecule has 13 heteroatoms. The second-order valence-corrected chi connectivity index (χ2v) is 14.8. The van der Waals surface area contributed by atoms with E-state index < -0.39 is 53.0 Å². The fraction of sp³-hybridized carbons (Fsp3) is 0.788. The van der Waals surface area contributed by atoms with Gasteiger partial charge in [0.15, 0.2) is 18.3 Å². The number of amides is 4. The summed E-state index contributed by atoms with van der Waals surface area (Å²) in [6.07, 6.45) is 5.03. The monoisotopic (exact) mass is 641 g/mol. The predicted molar refractivity (Wildman–Crippen MR) is 170 cm³/mol. The van der Waals surface area contributed by atoms with E-state index in [0.29, 0.717) is 25.2 Å². The zero-order valence-corrected chi connectivity index (χ0v) is 28.1. The molecule has 0 aromatic heterocycles. The van der Waals surface area contributed by atoms with Gasteiger partial charge in [0.25, 0.3) is 5.91 Å². The van der Waals surface area contributed by atoms with Gasteiger partial charge in [-0.25, -0.2) is 4.99 Å². The number of rotatable bonds is 15. The van der Waals surface area contributed by atoms with Crippen LogP contribution in [0.15, 0.2) is 15.2 Å². The van der Waals surface area contributed by atoms with Crippen LogP contribution in [0, 0.1) is 29.1 Å². The number of hydrogen-bond donors (Lipinski definition) is 3. The molecule has 4 aliphatic rings. The average molecular weight is 642 g/mol. The molecule has 0 aromatic rings. The van der Waals surface area contributed by atoms with Crippen LogP contribution in [0.25, 0.3) is 0 Å². The number of hydrogen-bond acceptors (Lipinski definition) is 9. The van der Waals surface area contributed by atoms with Crippen molar-refractivity contribution in [3.8, 4) is 0 Å². The van der Waals surface area contributed by atoms with Gasteiger partial charge >= 0.3 is 0 Å². The predicted octanol–water partition coefficient (Wildman–Crippen LogP) is 2.72. The van der Waals surface area contributed by atoms with Crippen LogP contribution in [0.3, 0.4) is 0 Å². The van der Waals surface area contributed by atoms with Crippen molar-refractivity contribution in [2.24, 2.45) is 44.3 Å². The van der Waals surface area contributed by atoms with Crippen molar-refractivity contribution in [1.82, 2.24) is 20.9 Å². The molecule has 1 unspecified atom stereocenters. The first-order chi connectivity index (χ1) is 21.7. The molecule has 2 aliphatic heterocycles. The zero-order valence-electron chi connectivity index (χ0n) is 28.1. The SMILES string of the molecule is CCCC(NC(=O)[C@@H]1[C@H]2CCC[C@H]2CN1C(=O)[C@H](CC(=O)[C@@H](NC(=O)CC1=NCN=N1)C(C)C)C(C)(C)C)C(=O)C(=O)NC1CC1. The molecule has 46 heavy (non-hydrogen) atoms. The van der Waals surface area contributed by atoms with Gasteiger partial charge in [0.2, 0.25) is 23.5 Å². The molecule has 4 rings (SSSR count). The molecule has 2 saturated carbocycles. The number of ketones is 2. The Morgan fingerprint density at radius 3 is 2.30 bits per heavy atom. The average Bonchev–Trinajstić information content (AvgIpc) is 3.32. The first-order valence-corrected chi connectivity index (χ1v) is 16.9. The number of nitrogens with one attached hydrogen (secondary N) is 3. The van der Waals surface area contributed by atoms with Crippen LogP contribution in [0.2, 0.25) is 0 Å². The third-order valence-electron chi connectivity index (χ3n) is 9.69. The maximum absolute atomic E-state index is 14.4. The summed E-state index contributed by atoms with van der Waals surface area (Å²) in [5.74, 6) is -3.29. The fourth-order valence-electron chi connectivity index (χ4n) is 6.95. The van der Waals surface area contributed by atoms with Gasteiger partial charge in [-0.2, -0.15) is 5.11 Å². The maximum atomic E-state index is 14.4. The fourth-order valence-corrected chi connectivity index (χ4v) is 6.95. The minimum absolute atomic E-state index is 0.0189. The van der Waals surface area contributed by atoms with E-state index in [0.717, 1.165) is 32.1 Å². The largest absolute Gasteiger partial charge is 0.347 e. The number of aliphatic imine (C=N–C) groups is 1. The van der Waals surface area contributed by atoms with Crippen molar-refractivity contribution in [2.45, 2.75) is 123 Å². The number of azo groups is 1. The van der Waals surface area contributed by atoms with Gasteiger partial charge in [-0.05, 0) is 55.3 Å². The van der Waals surface area contributed by atoms with E-state index in [4.69, 9.17) is 0 Å². The molecule has 3 fully saturated rings. The number of carbonyl (C=O) groups is 6. The Labute approximate surface area is 271 Å². The summed E-state index contributed by atoms with van der Waals surface area (Å²) in [5, 5.41) is 16.0. The first-order valence-electron chi connectivity index (χ1n) is 16.9. The third kappa shape index (κ3) is 8.64. The van der Waals surface area contributed by atoms with Gasteiger partial charge in [-0.15, -0.1) is 5.11 Å². The summed E-state index contributed by atoms with van der Waals surface area (Å²) in [7, 11) is 0. The van der Waals surface area contributed by atoms with Gasteiger partial charge in [0, 0.05) is 24.9 Å². The van der Waals surface area contributed by atoms with Crippen LogP contribution in [-0.2, 0) is 28.8 Å². The summed E-state index contributed by atoms with van der Waals surface area (Å²) >= 11 is 0. The van der Waals surface area contributed by atoms with Crippen molar-refractivity contribution in [1.29, 1.82) is 0 Å². The van der Waals surface area contributed by atoms with E-state index in [1.807, 2.05) is 41.5 Å². The van der Waals surface area contributed by atoms with Gasteiger partial charge in [0.1, 0.15) is 6.04 Å². The quantitative estimate of drug-likeness (QED) is 0.231. The Balaban J connectivity index is 1.51. The highest BCUT2D eigenvalue weighted by atomic mass is 16.2. The summed E-state index contributed by atoms with van der Waals surface area (Å²) < 4.78 is 0. The number of likely N-dealkylation sites (tertiary alicyclic amines) is 1. The molecular weight excluding hydrogens is 590 g/mol. The Morgan fingerprint density at radius 1 is 1.00 bits per heavy atom. The number of amidine groups is 1. The number of Topliss-reactive ketones (excluding diaryl/α,β-unsaturated/α-hetero) is 2. The lowest BCUT2D eigenvalue weighted by molar-refractivity contribution is -0.148. The lowest BCUT2D eigenvalue weighted by atomic mass is 9.75.